The largest absolute Gasteiger partial charge is 0.454 e. The highest BCUT2D eigenvalue weighted by molar-refractivity contribution is 5.80. The van der Waals surface area contributed by atoms with Gasteiger partial charge >= 0.3 is 5.97 Å². The van der Waals surface area contributed by atoms with E-state index in [1.54, 1.807) is 6.08 Å². The van der Waals surface area contributed by atoms with Gasteiger partial charge in [0.1, 0.15) is 24.4 Å². The first-order valence-corrected chi connectivity index (χ1v) is 32.4. The molecule has 0 radical (unpaired) electrons. The molecule has 0 bridgehead atoms. The Morgan fingerprint density at radius 3 is 1.36 bits per heavy atom. The minimum Gasteiger partial charge on any atom is -0.454 e. The van der Waals surface area contributed by atoms with Crippen molar-refractivity contribution in [2.24, 2.45) is 0 Å². The second-order valence-electron chi connectivity index (χ2n) is 22.5. The molecular formula is C66H121NO10. The van der Waals surface area contributed by atoms with Crippen LogP contribution in [0.4, 0.5) is 0 Å². The van der Waals surface area contributed by atoms with Crippen LogP contribution < -0.4 is 5.32 Å². The predicted octanol–water partition coefficient (Wildman–Crippen LogP) is 15.6. The molecule has 0 saturated carbocycles. The van der Waals surface area contributed by atoms with E-state index in [1.165, 1.54) is 167 Å². The molecule has 77 heavy (non-hydrogen) atoms. The number of hydrogen-bond donors (Lipinski definition) is 6. The number of carbonyl (C=O) groups is 2. The van der Waals surface area contributed by atoms with Crippen molar-refractivity contribution in [3.63, 3.8) is 0 Å². The Bertz CT molecular complexity index is 1440. The number of aliphatic hydroxyl groups excluding tert-OH is 5. The summed E-state index contributed by atoms with van der Waals surface area (Å²) in [6, 6.07) is -1.03. The molecule has 0 aliphatic carbocycles. The van der Waals surface area contributed by atoms with Gasteiger partial charge in [-0.25, -0.2) is 0 Å². The maximum absolute atomic E-state index is 13.4. The number of esters is 1. The van der Waals surface area contributed by atoms with Crippen LogP contribution in [0, 0.1) is 0 Å². The molecular weight excluding hydrogens is 967 g/mol. The molecule has 1 amide bonds. The van der Waals surface area contributed by atoms with E-state index in [-0.39, 0.29) is 19.4 Å². The summed E-state index contributed by atoms with van der Waals surface area (Å²) >= 11 is 0. The maximum Gasteiger partial charge on any atom is 0.306 e. The average molecular weight is 1090 g/mol. The summed E-state index contributed by atoms with van der Waals surface area (Å²) in [5.74, 6) is -1.20. The molecule has 0 aromatic carbocycles. The molecule has 1 aliphatic heterocycles. The lowest BCUT2D eigenvalue weighted by Gasteiger charge is -2.41. The summed E-state index contributed by atoms with van der Waals surface area (Å²) in [5, 5.41) is 57.0. The smallest absolute Gasteiger partial charge is 0.306 e. The lowest BCUT2D eigenvalue weighted by atomic mass is 9.99. The monoisotopic (exact) mass is 1090 g/mol. The van der Waals surface area contributed by atoms with Crippen molar-refractivity contribution in [2.45, 2.75) is 346 Å². The second-order valence-corrected chi connectivity index (χ2v) is 22.5. The molecule has 8 unspecified atom stereocenters. The minimum absolute atomic E-state index is 0.126. The number of allylic oxidation sites excluding steroid dienone is 7. The number of carbonyl (C=O) groups excluding carboxylic acids is 2. The molecule has 0 aromatic rings. The van der Waals surface area contributed by atoms with Gasteiger partial charge in [-0.2, -0.15) is 0 Å². The van der Waals surface area contributed by atoms with Crippen LogP contribution in [0.1, 0.15) is 297 Å². The summed E-state index contributed by atoms with van der Waals surface area (Å²) in [5.41, 5.74) is 0. The minimum atomic E-state index is -1.61. The fourth-order valence-corrected chi connectivity index (χ4v) is 10.1. The van der Waals surface area contributed by atoms with Gasteiger partial charge in [-0.05, 0) is 64.2 Å². The number of unbranched alkanes of at least 4 members (excludes halogenated alkanes) is 35. The molecule has 450 valence electrons. The van der Waals surface area contributed by atoms with Crippen molar-refractivity contribution in [3.8, 4) is 0 Å². The third-order valence-corrected chi connectivity index (χ3v) is 15.2. The van der Waals surface area contributed by atoms with E-state index in [1.807, 2.05) is 6.08 Å². The molecule has 11 heteroatoms. The molecule has 1 aliphatic rings. The Morgan fingerprint density at radius 2 is 0.896 bits per heavy atom. The quantitative estimate of drug-likeness (QED) is 0.0195. The van der Waals surface area contributed by atoms with Gasteiger partial charge in [0, 0.05) is 6.42 Å². The van der Waals surface area contributed by atoms with Gasteiger partial charge in [0.2, 0.25) is 5.91 Å². The molecule has 8 atom stereocenters. The summed E-state index contributed by atoms with van der Waals surface area (Å²) in [7, 11) is 0. The zero-order valence-electron chi connectivity index (χ0n) is 49.8. The third-order valence-electron chi connectivity index (χ3n) is 15.2. The zero-order chi connectivity index (χ0) is 56.1. The molecule has 6 N–H and O–H groups in total. The Kier molecular flexibility index (Phi) is 51.1. The number of hydrogen-bond acceptors (Lipinski definition) is 10. The standard InChI is InChI=1S/C66H121NO10/c1-4-7-10-13-16-19-22-24-26-28-30-32-34-36-39-42-45-48-51-54-61(71)77-64-63(73)62(72)60(55-68)76-66(64)75-56-57(58(69)52-49-46-43-40-37-21-18-15-12-9-6-3)67-65(74)59(70)53-50-47-44-41-38-35-33-31-29-27-25-23-20-17-14-11-8-5-2/h17,20,25,27,31,33,49,52,57-60,62-64,66,68-70,72-73H,4-16,18-19,21-24,26,28-30,32,34-48,50-51,53-56H2,1-3H3,(H,67,74)/b20-17-,27-25-,33-31-,52-49+. The normalized spacial score (nSPS) is 19.3. The Morgan fingerprint density at radius 1 is 0.506 bits per heavy atom. The first-order valence-electron chi connectivity index (χ1n) is 32.4. The van der Waals surface area contributed by atoms with E-state index in [2.05, 4.69) is 62.5 Å². The van der Waals surface area contributed by atoms with Gasteiger partial charge in [0.25, 0.3) is 0 Å². The van der Waals surface area contributed by atoms with Crippen LogP contribution in [-0.2, 0) is 23.8 Å². The summed E-state index contributed by atoms with van der Waals surface area (Å²) in [6.45, 7) is 5.77. The van der Waals surface area contributed by atoms with Crippen LogP contribution in [0.25, 0.3) is 0 Å². The summed E-state index contributed by atoms with van der Waals surface area (Å²) < 4.78 is 17.6. The molecule has 0 spiro atoms. The third kappa shape index (κ3) is 42.2. The van der Waals surface area contributed by atoms with Gasteiger partial charge in [-0.3, -0.25) is 9.59 Å². The fraction of sp³-hybridized carbons (Fsp3) is 0.848. The first-order chi connectivity index (χ1) is 37.7. The van der Waals surface area contributed by atoms with Crippen molar-refractivity contribution in [2.75, 3.05) is 13.2 Å². The lowest BCUT2D eigenvalue weighted by Crippen LogP contribution is -2.61. The van der Waals surface area contributed by atoms with Gasteiger partial charge in [0.05, 0.1) is 25.4 Å². The number of ether oxygens (including phenoxy) is 3. The van der Waals surface area contributed by atoms with Crippen LogP contribution in [0.5, 0.6) is 0 Å². The lowest BCUT2D eigenvalue weighted by molar-refractivity contribution is -0.305. The number of aliphatic hydroxyl groups is 5. The molecule has 1 heterocycles. The van der Waals surface area contributed by atoms with Crippen LogP contribution in [0.2, 0.25) is 0 Å². The topological polar surface area (TPSA) is 175 Å². The fourth-order valence-electron chi connectivity index (χ4n) is 10.1. The van der Waals surface area contributed by atoms with Gasteiger partial charge in [-0.15, -0.1) is 0 Å². The van der Waals surface area contributed by atoms with Crippen molar-refractivity contribution in [1.29, 1.82) is 0 Å². The Labute approximate surface area is 472 Å². The van der Waals surface area contributed by atoms with Crippen LogP contribution >= 0.6 is 0 Å². The van der Waals surface area contributed by atoms with E-state index >= 15 is 0 Å². The molecule has 1 fully saturated rings. The molecule has 1 saturated heterocycles. The van der Waals surface area contributed by atoms with E-state index in [0.29, 0.717) is 12.8 Å². The van der Waals surface area contributed by atoms with Crippen molar-refractivity contribution in [1.82, 2.24) is 5.32 Å². The van der Waals surface area contributed by atoms with Gasteiger partial charge < -0.3 is 45.1 Å². The highest BCUT2D eigenvalue weighted by atomic mass is 16.7. The molecule has 1 rings (SSSR count). The highest BCUT2D eigenvalue weighted by Gasteiger charge is 2.47. The maximum atomic E-state index is 13.4. The number of rotatable bonds is 55. The number of nitrogens with one attached hydrogen (secondary N) is 1. The van der Waals surface area contributed by atoms with Crippen LogP contribution in [0.3, 0.4) is 0 Å². The predicted molar refractivity (Wildman–Crippen MR) is 320 cm³/mol. The zero-order valence-corrected chi connectivity index (χ0v) is 49.8. The second kappa shape index (κ2) is 54.2. The molecule has 0 aromatic heterocycles. The van der Waals surface area contributed by atoms with Crippen LogP contribution in [0.15, 0.2) is 48.6 Å². The number of amides is 1. The van der Waals surface area contributed by atoms with E-state index in [0.717, 1.165) is 83.5 Å². The Balaban J connectivity index is 2.64. The van der Waals surface area contributed by atoms with Crippen molar-refractivity contribution < 1.29 is 49.3 Å². The van der Waals surface area contributed by atoms with E-state index in [9.17, 15) is 35.1 Å². The van der Waals surface area contributed by atoms with Gasteiger partial charge in [0.15, 0.2) is 12.4 Å². The van der Waals surface area contributed by atoms with Crippen molar-refractivity contribution >= 4 is 11.9 Å². The van der Waals surface area contributed by atoms with Crippen LogP contribution in [-0.4, -0.2) is 99.6 Å². The summed E-state index contributed by atoms with van der Waals surface area (Å²) in [6.07, 6.45) is 55.8. The van der Waals surface area contributed by atoms with Gasteiger partial charge in [-0.1, -0.05) is 275 Å². The molecule has 11 nitrogen and oxygen atoms in total. The van der Waals surface area contributed by atoms with Crippen molar-refractivity contribution in [3.05, 3.63) is 48.6 Å². The SMILES string of the molecule is CCCCC/C=C\C/C=C\C/C=C\CCCCCCCC(O)C(=O)NC(COC1OC(CO)C(O)C(O)C1OC(=O)CCCCCCCCCCCCCCCCCCCCC)C(O)/C=C/CCCCCCCCCCC. The summed E-state index contributed by atoms with van der Waals surface area (Å²) in [4.78, 5) is 26.6. The van der Waals surface area contributed by atoms with E-state index < -0.39 is 67.4 Å². The average Bonchev–Trinajstić information content (AvgIpc) is 3.43. The Hall–Kier alpha value is -2.38. The highest BCUT2D eigenvalue weighted by Crippen LogP contribution is 2.26. The first kappa shape index (κ1) is 72.6. The van der Waals surface area contributed by atoms with E-state index in [4.69, 9.17) is 14.2 Å².